The van der Waals surface area contributed by atoms with Crippen LogP contribution in [0.1, 0.15) is 12.5 Å². The molecule has 0 radical (unpaired) electrons. The number of fused-ring (bicyclic) bond motifs is 1. The highest BCUT2D eigenvalue weighted by Crippen LogP contribution is 2.34. The van der Waals surface area contributed by atoms with Gasteiger partial charge >= 0.3 is 0 Å². The van der Waals surface area contributed by atoms with Crippen molar-refractivity contribution in [3.05, 3.63) is 23.8 Å². The number of nitrogens with zero attached hydrogens (tertiary/aromatic N) is 2. The zero-order chi connectivity index (χ0) is 15.2. The molecule has 0 spiro atoms. The Bertz CT molecular complexity index is 473. The fourth-order valence-electron chi connectivity index (χ4n) is 3.01. The van der Waals surface area contributed by atoms with E-state index >= 15 is 0 Å². The van der Waals surface area contributed by atoms with Crippen molar-refractivity contribution < 1.29 is 14.2 Å². The van der Waals surface area contributed by atoms with E-state index in [-0.39, 0.29) is 0 Å². The molecule has 2 aliphatic rings. The van der Waals surface area contributed by atoms with Crippen LogP contribution in [0.25, 0.3) is 0 Å². The van der Waals surface area contributed by atoms with Crippen LogP contribution in [-0.4, -0.2) is 69.0 Å². The van der Waals surface area contributed by atoms with Gasteiger partial charge in [0.05, 0.1) is 6.61 Å². The van der Waals surface area contributed by atoms with Crippen molar-refractivity contribution in [2.75, 3.05) is 59.2 Å². The topological polar surface area (TPSA) is 34.2 Å². The van der Waals surface area contributed by atoms with Crippen LogP contribution in [0.15, 0.2) is 18.2 Å². The second kappa shape index (κ2) is 7.81. The Balaban J connectivity index is 1.51. The molecule has 0 N–H and O–H groups in total. The molecule has 0 aliphatic carbocycles. The Morgan fingerprint density at radius 2 is 1.82 bits per heavy atom. The van der Waals surface area contributed by atoms with E-state index in [0.29, 0.717) is 13.2 Å². The molecule has 22 heavy (non-hydrogen) atoms. The average molecular weight is 306 g/mol. The van der Waals surface area contributed by atoms with E-state index in [2.05, 4.69) is 21.9 Å². The van der Waals surface area contributed by atoms with Crippen LogP contribution >= 0.6 is 0 Å². The quantitative estimate of drug-likeness (QED) is 0.746. The third-order valence-corrected chi connectivity index (χ3v) is 4.26. The lowest BCUT2D eigenvalue weighted by Crippen LogP contribution is -2.46. The number of hydrogen-bond acceptors (Lipinski definition) is 5. The molecule has 0 aromatic heterocycles. The van der Waals surface area contributed by atoms with Crippen LogP contribution < -0.4 is 9.47 Å². The molecule has 2 aliphatic heterocycles. The zero-order valence-corrected chi connectivity index (χ0v) is 13.4. The van der Waals surface area contributed by atoms with E-state index < -0.39 is 0 Å². The van der Waals surface area contributed by atoms with Crippen molar-refractivity contribution in [2.45, 2.75) is 13.5 Å². The summed E-state index contributed by atoms with van der Waals surface area (Å²) in [5.41, 5.74) is 1.24. The summed E-state index contributed by atoms with van der Waals surface area (Å²) in [5, 5.41) is 0. The minimum atomic E-state index is 0.648. The summed E-state index contributed by atoms with van der Waals surface area (Å²) in [6.45, 7) is 11.4. The van der Waals surface area contributed by atoms with Crippen molar-refractivity contribution >= 4 is 0 Å². The highest BCUT2D eigenvalue weighted by atomic mass is 16.6. The molecular weight excluding hydrogens is 280 g/mol. The SMILES string of the molecule is CCOCCN1CCN(Cc2cccc3c2OCCO3)CC1. The van der Waals surface area contributed by atoms with Crippen LogP contribution in [0, 0.1) is 0 Å². The molecule has 2 heterocycles. The highest BCUT2D eigenvalue weighted by Gasteiger charge is 2.20. The highest BCUT2D eigenvalue weighted by molar-refractivity contribution is 5.47. The summed E-state index contributed by atoms with van der Waals surface area (Å²) in [7, 11) is 0. The molecule has 5 nitrogen and oxygen atoms in total. The Morgan fingerprint density at radius 1 is 1.05 bits per heavy atom. The monoisotopic (exact) mass is 306 g/mol. The maximum Gasteiger partial charge on any atom is 0.165 e. The summed E-state index contributed by atoms with van der Waals surface area (Å²) in [4.78, 5) is 4.97. The number of benzene rings is 1. The maximum absolute atomic E-state index is 5.80. The van der Waals surface area contributed by atoms with Crippen LogP contribution in [0.5, 0.6) is 11.5 Å². The lowest BCUT2D eigenvalue weighted by atomic mass is 10.1. The standard InChI is InChI=1S/C17H26N2O3/c1-2-20-11-10-18-6-8-19(9-7-18)14-15-4-3-5-16-17(15)22-13-12-21-16/h3-5H,2,6-14H2,1H3. The molecule has 0 amide bonds. The van der Waals surface area contributed by atoms with Crippen LogP contribution in [0.4, 0.5) is 0 Å². The van der Waals surface area contributed by atoms with Gasteiger partial charge in [-0.25, -0.2) is 0 Å². The molecule has 0 bridgehead atoms. The molecule has 5 heteroatoms. The first kappa shape index (κ1) is 15.6. The first-order valence-corrected chi connectivity index (χ1v) is 8.26. The van der Waals surface area contributed by atoms with Crippen LogP contribution in [0.3, 0.4) is 0 Å². The number of ether oxygens (including phenoxy) is 3. The molecule has 0 unspecified atom stereocenters. The van der Waals surface area contributed by atoms with Crippen molar-refractivity contribution in [2.24, 2.45) is 0 Å². The summed E-state index contributed by atoms with van der Waals surface area (Å²) in [5.74, 6) is 1.83. The van der Waals surface area contributed by atoms with Crippen LogP contribution in [-0.2, 0) is 11.3 Å². The molecule has 3 rings (SSSR count). The average Bonchev–Trinajstić information content (AvgIpc) is 2.57. The van der Waals surface area contributed by atoms with Crippen molar-refractivity contribution in [3.8, 4) is 11.5 Å². The van der Waals surface area contributed by atoms with Gasteiger partial charge in [0.2, 0.25) is 0 Å². The fourth-order valence-corrected chi connectivity index (χ4v) is 3.01. The minimum Gasteiger partial charge on any atom is -0.486 e. The van der Waals surface area contributed by atoms with Gasteiger partial charge in [0.25, 0.3) is 0 Å². The lowest BCUT2D eigenvalue weighted by Gasteiger charge is -2.35. The number of para-hydroxylation sites is 1. The minimum absolute atomic E-state index is 0.648. The predicted octanol–water partition coefficient (Wildman–Crippen LogP) is 1.61. The van der Waals surface area contributed by atoms with E-state index in [1.807, 2.05) is 13.0 Å². The zero-order valence-electron chi connectivity index (χ0n) is 13.4. The first-order valence-electron chi connectivity index (χ1n) is 8.26. The second-order valence-corrected chi connectivity index (χ2v) is 5.76. The Hall–Kier alpha value is -1.30. The molecular formula is C17H26N2O3. The van der Waals surface area contributed by atoms with E-state index in [1.54, 1.807) is 0 Å². The molecule has 1 fully saturated rings. The summed E-state index contributed by atoms with van der Waals surface area (Å²) in [6, 6.07) is 6.19. The van der Waals surface area contributed by atoms with Gasteiger partial charge in [-0.2, -0.15) is 0 Å². The summed E-state index contributed by atoms with van der Waals surface area (Å²) < 4.78 is 16.9. The van der Waals surface area contributed by atoms with Gasteiger partial charge in [0, 0.05) is 51.4 Å². The van der Waals surface area contributed by atoms with E-state index in [1.165, 1.54) is 5.56 Å². The maximum atomic E-state index is 5.80. The normalized spacial score (nSPS) is 19.3. The van der Waals surface area contributed by atoms with Crippen molar-refractivity contribution in [3.63, 3.8) is 0 Å². The Labute approximate surface area is 132 Å². The largest absolute Gasteiger partial charge is 0.486 e. The van der Waals surface area contributed by atoms with Crippen molar-refractivity contribution in [1.29, 1.82) is 0 Å². The predicted molar refractivity (Wildman–Crippen MR) is 85.6 cm³/mol. The second-order valence-electron chi connectivity index (χ2n) is 5.76. The molecule has 122 valence electrons. The number of piperazine rings is 1. The molecule has 1 aromatic rings. The van der Waals surface area contributed by atoms with Gasteiger partial charge in [-0.3, -0.25) is 9.80 Å². The number of hydrogen-bond donors (Lipinski definition) is 0. The molecule has 0 saturated carbocycles. The number of rotatable bonds is 6. The summed E-state index contributed by atoms with van der Waals surface area (Å²) >= 11 is 0. The molecule has 1 aromatic carbocycles. The molecule has 0 atom stereocenters. The van der Waals surface area contributed by atoms with E-state index in [4.69, 9.17) is 14.2 Å². The lowest BCUT2D eigenvalue weighted by molar-refractivity contribution is 0.0778. The van der Waals surface area contributed by atoms with E-state index in [0.717, 1.165) is 64.0 Å². The smallest absolute Gasteiger partial charge is 0.165 e. The Kier molecular flexibility index (Phi) is 5.53. The third kappa shape index (κ3) is 3.91. The van der Waals surface area contributed by atoms with Gasteiger partial charge in [-0.1, -0.05) is 12.1 Å². The first-order chi connectivity index (χ1) is 10.9. The summed E-state index contributed by atoms with van der Waals surface area (Å²) in [6.07, 6.45) is 0. The van der Waals surface area contributed by atoms with Gasteiger partial charge in [0.1, 0.15) is 13.2 Å². The van der Waals surface area contributed by atoms with Gasteiger partial charge in [-0.15, -0.1) is 0 Å². The Morgan fingerprint density at radius 3 is 2.64 bits per heavy atom. The molecule has 1 saturated heterocycles. The third-order valence-electron chi connectivity index (χ3n) is 4.26. The van der Waals surface area contributed by atoms with Crippen LogP contribution in [0.2, 0.25) is 0 Å². The van der Waals surface area contributed by atoms with Gasteiger partial charge in [0.15, 0.2) is 11.5 Å². The van der Waals surface area contributed by atoms with Gasteiger partial charge in [-0.05, 0) is 13.0 Å². The van der Waals surface area contributed by atoms with E-state index in [9.17, 15) is 0 Å². The van der Waals surface area contributed by atoms with Crippen molar-refractivity contribution in [1.82, 2.24) is 9.80 Å². The fraction of sp³-hybridized carbons (Fsp3) is 0.647. The van der Waals surface area contributed by atoms with Gasteiger partial charge < -0.3 is 14.2 Å².